The maximum Gasteiger partial charge on any atom is 0.403 e. The Morgan fingerprint density at radius 2 is 1.94 bits per heavy atom. The van der Waals surface area contributed by atoms with Gasteiger partial charge in [-0.15, -0.1) is 0 Å². The first kappa shape index (κ1) is 17.5. The van der Waals surface area contributed by atoms with Gasteiger partial charge >= 0.3 is 11.4 Å². The number of aliphatic carboxylic acids is 1. The van der Waals surface area contributed by atoms with Crippen LogP contribution in [0.4, 0.5) is 4.79 Å². The van der Waals surface area contributed by atoms with E-state index in [1.807, 2.05) is 0 Å². The van der Waals surface area contributed by atoms with Crippen LogP contribution in [0.1, 0.15) is 6.92 Å². The summed E-state index contributed by atoms with van der Waals surface area (Å²) in [6, 6.07) is -1.56. The first-order valence-corrected chi connectivity index (χ1v) is 5.84. The molecule has 0 aliphatic carbocycles. The molecule has 0 heterocycles. The van der Waals surface area contributed by atoms with E-state index < -0.39 is 33.3 Å². The van der Waals surface area contributed by atoms with Crippen LogP contribution < -0.4 is 5.73 Å². The average molecular weight is 278 g/mol. The Morgan fingerprint density at radius 3 is 2.00 bits per heavy atom. The fourth-order valence-electron chi connectivity index (χ4n) is 0.412. The molecular formula is C6H12ClNO7S. The molecule has 0 fully saturated rings. The number of hydrogen-bond donors (Lipinski definition) is 3. The van der Waals surface area contributed by atoms with Crippen LogP contribution in [0, 0.1) is 0 Å². The summed E-state index contributed by atoms with van der Waals surface area (Å²) in [5, 5.41) is 8.04. The van der Waals surface area contributed by atoms with Gasteiger partial charge in [0.1, 0.15) is 11.8 Å². The van der Waals surface area contributed by atoms with E-state index in [0.717, 1.165) is 0 Å². The molecule has 8 nitrogen and oxygen atoms in total. The summed E-state index contributed by atoms with van der Waals surface area (Å²) >= 11 is 4.72. The van der Waals surface area contributed by atoms with Crippen molar-refractivity contribution in [1.82, 2.24) is 0 Å². The standard InChI is InChI=1S/C3H5ClO2.C3H7NO5S/c1-2-6-3(4)5;4-2(3(5)6)1-10(7,8)9/h2H2,1H3;2H,1,4H2,(H,5,6)(H,7,8,9). The van der Waals surface area contributed by atoms with Crippen LogP contribution in [0.3, 0.4) is 0 Å². The quantitative estimate of drug-likeness (QED) is 0.468. The molecule has 10 heteroatoms. The van der Waals surface area contributed by atoms with Gasteiger partial charge in [0, 0.05) is 11.6 Å². The highest BCUT2D eigenvalue weighted by atomic mass is 35.5. The van der Waals surface area contributed by atoms with Crippen molar-refractivity contribution in [3.8, 4) is 0 Å². The number of hydrogen-bond acceptors (Lipinski definition) is 6. The monoisotopic (exact) mass is 277 g/mol. The van der Waals surface area contributed by atoms with Gasteiger partial charge in [0.05, 0.1) is 6.61 Å². The zero-order valence-electron chi connectivity index (χ0n) is 8.29. The minimum Gasteiger partial charge on any atom is -0.480 e. The number of ether oxygens (including phenoxy) is 1. The molecule has 0 aliphatic rings. The summed E-state index contributed by atoms with van der Waals surface area (Å²) in [7, 11) is -4.27. The maximum absolute atomic E-state index is 9.96. The molecule has 0 aliphatic heterocycles. The first-order chi connectivity index (χ1) is 7.10. The molecule has 0 amide bonds. The van der Waals surface area contributed by atoms with Gasteiger partial charge in [0.15, 0.2) is 0 Å². The molecule has 16 heavy (non-hydrogen) atoms. The topological polar surface area (TPSA) is 144 Å². The van der Waals surface area contributed by atoms with Gasteiger partial charge < -0.3 is 15.6 Å². The van der Waals surface area contributed by atoms with E-state index in [-0.39, 0.29) is 0 Å². The molecule has 0 radical (unpaired) electrons. The van der Waals surface area contributed by atoms with Crippen molar-refractivity contribution in [2.45, 2.75) is 13.0 Å². The summed E-state index contributed by atoms with van der Waals surface area (Å²) < 4.78 is 32.2. The highest BCUT2D eigenvalue weighted by Crippen LogP contribution is 1.86. The number of carboxylic acid groups (broad SMARTS) is 1. The predicted molar refractivity (Wildman–Crippen MR) is 54.9 cm³/mol. The Hall–Kier alpha value is -0.900. The molecule has 0 aromatic rings. The Morgan fingerprint density at radius 1 is 1.50 bits per heavy atom. The van der Waals surface area contributed by atoms with E-state index in [4.69, 9.17) is 27.0 Å². The van der Waals surface area contributed by atoms with Crippen LogP contribution in [0.2, 0.25) is 0 Å². The van der Waals surface area contributed by atoms with Crippen molar-refractivity contribution >= 4 is 33.1 Å². The molecule has 0 aromatic carbocycles. The number of nitrogens with two attached hydrogens (primary N) is 1. The Labute approximate surface area is 97.1 Å². The van der Waals surface area contributed by atoms with Gasteiger partial charge in [-0.2, -0.15) is 8.42 Å². The molecule has 0 bridgehead atoms. The zero-order valence-corrected chi connectivity index (χ0v) is 9.86. The number of carbonyl (C=O) groups excluding carboxylic acids is 1. The number of carboxylic acids is 1. The Bertz CT molecular complexity index is 328. The van der Waals surface area contributed by atoms with Crippen LogP contribution in [-0.2, 0) is 19.6 Å². The third-order valence-corrected chi connectivity index (χ3v) is 1.85. The third-order valence-electron chi connectivity index (χ3n) is 0.965. The van der Waals surface area contributed by atoms with Gasteiger partial charge in [-0.05, 0) is 6.92 Å². The highest BCUT2D eigenvalue weighted by molar-refractivity contribution is 7.85. The van der Waals surface area contributed by atoms with Gasteiger partial charge in [0.2, 0.25) is 0 Å². The Balaban J connectivity index is 0. The van der Waals surface area contributed by atoms with E-state index in [0.29, 0.717) is 6.61 Å². The van der Waals surface area contributed by atoms with E-state index in [1.54, 1.807) is 6.92 Å². The summed E-state index contributed by atoms with van der Waals surface area (Å²) in [4.78, 5) is 19.5. The third kappa shape index (κ3) is 15.6. The van der Waals surface area contributed by atoms with Crippen LogP contribution in [-0.4, -0.2) is 47.9 Å². The van der Waals surface area contributed by atoms with Crippen LogP contribution in [0.15, 0.2) is 0 Å². The fourth-order valence-corrected chi connectivity index (χ4v) is 1.12. The first-order valence-electron chi connectivity index (χ1n) is 3.86. The van der Waals surface area contributed by atoms with Crippen LogP contribution in [0.5, 0.6) is 0 Å². The molecule has 0 saturated heterocycles. The van der Waals surface area contributed by atoms with Crippen molar-refractivity contribution in [2.75, 3.05) is 12.4 Å². The molecule has 0 saturated carbocycles. The summed E-state index contributed by atoms with van der Waals surface area (Å²) in [5.74, 6) is -2.42. The van der Waals surface area contributed by atoms with Crippen molar-refractivity contribution < 1.29 is 32.4 Å². The SMILES string of the molecule is CCOC(=O)Cl.NC(CS(=O)(=O)O)C(=O)O. The number of halogens is 1. The normalized spacial score (nSPS) is 12.0. The molecular weight excluding hydrogens is 266 g/mol. The molecule has 96 valence electrons. The second kappa shape index (κ2) is 8.28. The lowest BCUT2D eigenvalue weighted by atomic mass is 10.4. The number of rotatable bonds is 4. The van der Waals surface area contributed by atoms with E-state index in [9.17, 15) is 18.0 Å². The molecule has 1 unspecified atom stereocenters. The molecule has 0 spiro atoms. The Kier molecular flexibility index (Phi) is 9.05. The molecule has 1 atom stereocenters. The second-order valence-corrected chi connectivity index (χ2v) is 4.17. The predicted octanol–water partition coefficient (Wildman–Crippen LogP) is -0.332. The van der Waals surface area contributed by atoms with Gasteiger partial charge in [-0.1, -0.05) is 0 Å². The van der Waals surface area contributed by atoms with Gasteiger partial charge in [-0.3, -0.25) is 9.35 Å². The van der Waals surface area contributed by atoms with Crippen molar-refractivity contribution in [3.05, 3.63) is 0 Å². The number of carbonyl (C=O) groups is 2. The molecule has 0 aromatic heterocycles. The lowest BCUT2D eigenvalue weighted by Crippen LogP contribution is -2.36. The minimum atomic E-state index is -4.27. The van der Waals surface area contributed by atoms with Crippen molar-refractivity contribution in [1.29, 1.82) is 0 Å². The highest BCUT2D eigenvalue weighted by Gasteiger charge is 2.18. The van der Waals surface area contributed by atoms with Crippen molar-refractivity contribution in [2.24, 2.45) is 5.73 Å². The van der Waals surface area contributed by atoms with E-state index in [1.165, 1.54) is 0 Å². The lowest BCUT2D eigenvalue weighted by molar-refractivity contribution is -0.138. The molecule has 0 rings (SSSR count). The minimum absolute atomic E-state index is 0.350. The van der Waals surface area contributed by atoms with Gasteiger partial charge in [-0.25, -0.2) is 4.79 Å². The summed E-state index contributed by atoms with van der Waals surface area (Å²) in [6.07, 6.45) is 0. The smallest absolute Gasteiger partial charge is 0.403 e. The summed E-state index contributed by atoms with van der Waals surface area (Å²) in [6.45, 7) is 2.04. The van der Waals surface area contributed by atoms with E-state index in [2.05, 4.69) is 4.74 Å². The molecule has 4 N–H and O–H groups in total. The van der Waals surface area contributed by atoms with Crippen molar-refractivity contribution in [3.63, 3.8) is 0 Å². The van der Waals surface area contributed by atoms with Gasteiger partial charge in [0.25, 0.3) is 10.1 Å². The second-order valence-electron chi connectivity index (χ2n) is 2.36. The summed E-state index contributed by atoms with van der Waals surface area (Å²) in [5.41, 5.74) is 4.03. The van der Waals surface area contributed by atoms with E-state index >= 15 is 0 Å². The maximum atomic E-state index is 9.96. The lowest BCUT2D eigenvalue weighted by Gasteiger charge is -2.01. The largest absolute Gasteiger partial charge is 0.480 e. The average Bonchev–Trinajstić information content (AvgIpc) is 2.01. The van der Waals surface area contributed by atoms with Crippen LogP contribution in [0.25, 0.3) is 0 Å². The fraction of sp³-hybridized carbons (Fsp3) is 0.667. The van der Waals surface area contributed by atoms with Crippen LogP contribution >= 0.6 is 11.6 Å². The zero-order chi connectivity index (χ0) is 13.4.